The SMILES string of the molecule is CCC(N)COc1ccc2nc(-c3ccncc3)sc2c1. The maximum Gasteiger partial charge on any atom is 0.124 e. The Kier molecular flexibility index (Phi) is 4.13. The Hall–Kier alpha value is -1.98. The van der Waals surface area contributed by atoms with Crippen molar-refractivity contribution in [1.82, 2.24) is 9.97 Å². The molecule has 108 valence electrons. The summed E-state index contributed by atoms with van der Waals surface area (Å²) in [5.74, 6) is 0.844. The quantitative estimate of drug-likeness (QED) is 0.783. The van der Waals surface area contributed by atoms with Crippen molar-refractivity contribution in [3.05, 3.63) is 42.7 Å². The van der Waals surface area contributed by atoms with Gasteiger partial charge in [-0.2, -0.15) is 0 Å². The number of aromatic nitrogens is 2. The van der Waals surface area contributed by atoms with Crippen molar-refractivity contribution in [2.75, 3.05) is 6.61 Å². The lowest BCUT2D eigenvalue weighted by atomic mass is 10.2. The van der Waals surface area contributed by atoms with E-state index >= 15 is 0 Å². The Morgan fingerprint density at radius 1 is 1.24 bits per heavy atom. The van der Waals surface area contributed by atoms with Crippen LogP contribution in [0.1, 0.15) is 13.3 Å². The molecular formula is C16H17N3OS. The predicted molar refractivity (Wildman–Crippen MR) is 86.6 cm³/mol. The molecule has 0 bridgehead atoms. The van der Waals surface area contributed by atoms with Crippen molar-refractivity contribution < 1.29 is 4.74 Å². The van der Waals surface area contributed by atoms with Gasteiger partial charge in [-0.3, -0.25) is 4.98 Å². The molecule has 2 N–H and O–H groups in total. The summed E-state index contributed by atoms with van der Waals surface area (Å²) in [6, 6.07) is 9.98. The van der Waals surface area contributed by atoms with Gasteiger partial charge in [0.2, 0.25) is 0 Å². The van der Waals surface area contributed by atoms with Crippen molar-refractivity contribution in [3.8, 4) is 16.3 Å². The molecule has 0 aliphatic carbocycles. The van der Waals surface area contributed by atoms with Crippen molar-refractivity contribution in [2.45, 2.75) is 19.4 Å². The zero-order chi connectivity index (χ0) is 14.7. The van der Waals surface area contributed by atoms with E-state index in [0.29, 0.717) is 6.61 Å². The van der Waals surface area contributed by atoms with Crippen molar-refractivity contribution >= 4 is 21.6 Å². The van der Waals surface area contributed by atoms with Crippen LogP contribution in [0.15, 0.2) is 42.7 Å². The molecule has 2 aromatic heterocycles. The molecule has 0 radical (unpaired) electrons. The fourth-order valence-electron chi connectivity index (χ4n) is 1.93. The Bertz CT molecular complexity index is 727. The highest BCUT2D eigenvalue weighted by Gasteiger charge is 2.08. The van der Waals surface area contributed by atoms with Crippen LogP contribution in [-0.2, 0) is 0 Å². The Morgan fingerprint density at radius 2 is 2.05 bits per heavy atom. The standard InChI is InChI=1S/C16H17N3OS/c1-2-12(17)10-20-13-3-4-14-15(9-13)21-16(19-14)11-5-7-18-8-6-11/h3-9,12H,2,10,17H2,1H3. The van der Waals surface area contributed by atoms with Crippen LogP contribution in [0.5, 0.6) is 5.75 Å². The predicted octanol–water partition coefficient (Wildman–Crippen LogP) is 3.47. The second-order valence-corrected chi connectivity index (χ2v) is 5.89. The number of nitrogens with zero attached hydrogens (tertiary/aromatic N) is 2. The molecule has 1 atom stereocenters. The molecule has 2 heterocycles. The lowest BCUT2D eigenvalue weighted by Gasteiger charge is -2.10. The third-order valence-corrected chi connectivity index (χ3v) is 4.34. The van der Waals surface area contributed by atoms with Crippen LogP contribution < -0.4 is 10.5 Å². The van der Waals surface area contributed by atoms with Gasteiger partial charge in [0.1, 0.15) is 17.4 Å². The van der Waals surface area contributed by atoms with Gasteiger partial charge in [0.05, 0.1) is 10.2 Å². The number of nitrogens with two attached hydrogens (primary N) is 1. The minimum Gasteiger partial charge on any atom is -0.492 e. The molecule has 0 amide bonds. The topological polar surface area (TPSA) is 61.0 Å². The number of rotatable bonds is 5. The maximum atomic E-state index is 5.87. The molecule has 5 heteroatoms. The average Bonchev–Trinajstić information content (AvgIpc) is 2.96. The molecule has 4 nitrogen and oxygen atoms in total. The second-order valence-electron chi connectivity index (χ2n) is 4.86. The minimum atomic E-state index is 0.0783. The normalized spacial score (nSPS) is 12.5. The van der Waals surface area contributed by atoms with E-state index < -0.39 is 0 Å². The largest absolute Gasteiger partial charge is 0.492 e. The molecule has 0 fully saturated rings. The molecule has 0 aliphatic rings. The summed E-state index contributed by atoms with van der Waals surface area (Å²) in [6.07, 6.45) is 4.47. The minimum absolute atomic E-state index is 0.0783. The molecule has 0 aliphatic heterocycles. The fraction of sp³-hybridized carbons (Fsp3) is 0.250. The molecule has 0 saturated heterocycles. The van der Waals surface area contributed by atoms with Gasteiger partial charge in [-0.1, -0.05) is 6.92 Å². The lowest BCUT2D eigenvalue weighted by molar-refractivity contribution is 0.286. The van der Waals surface area contributed by atoms with E-state index in [0.717, 1.165) is 33.0 Å². The monoisotopic (exact) mass is 299 g/mol. The van der Waals surface area contributed by atoms with Crippen molar-refractivity contribution in [2.24, 2.45) is 5.73 Å². The van der Waals surface area contributed by atoms with E-state index in [4.69, 9.17) is 10.5 Å². The molecular weight excluding hydrogens is 282 g/mol. The van der Waals surface area contributed by atoms with Gasteiger partial charge in [-0.05, 0) is 36.8 Å². The van der Waals surface area contributed by atoms with Gasteiger partial charge >= 0.3 is 0 Å². The summed E-state index contributed by atoms with van der Waals surface area (Å²) in [5, 5.41) is 0.995. The Morgan fingerprint density at radius 3 is 2.81 bits per heavy atom. The van der Waals surface area contributed by atoms with Crippen LogP contribution in [0, 0.1) is 0 Å². The van der Waals surface area contributed by atoms with E-state index in [9.17, 15) is 0 Å². The average molecular weight is 299 g/mol. The molecule has 3 rings (SSSR count). The molecule has 1 aromatic carbocycles. The summed E-state index contributed by atoms with van der Waals surface area (Å²) >= 11 is 1.65. The summed E-state index contributed by atoms with van der Waals surface area (Å²) in [7, 11) is 0. The third-order valence-electron chi connectivity index (χ3n) is 3.28. The first-order valence-corrected chi connectivity index (χ1v) is 7.77. The van der Waals surface area contributed by atoms with Crippen LogP contribution in [0.2, 0.25) is 0 Å². The number of hydrogen-bond acceptors (Lipinski definition) is 5. The zero-order valence-corrected chi connectivity index (χ0v) is 12.6. The van der Waals surface area contributed by atoms with Crippen LogP contribution in [0.25, 0.3) is 20.8 Å². The van der Waals surface area contributed by atoms with Crippen LogP contribution >= 0.6 is 11.3 Å². The summed E-state index contributed by atoms with van der Waals surface area (Å²) < 4.78 is 6.84. The van der Waals surface area contributed by atoms with Crippen LogP contribution in [0.4, 0.5) is 0 Å². The molecule has 21 heavy (non-hydrogen) atoms. The van der Waals surface area contributed by atoms with Crippen LogP contribution in [-0.4, -0.2) is 22.6 Å². The maximum absolute atomic E-state index is 5.87. The van der Waals surface area contributed by atoms with Gasteiger partial charge in [-0.25, -0.2) is 4.98 Å². The van der Waals surface area contributed by atoms with Crippen molar-refractivity contribution in [1.29, 1.82) is 0 Å². The van der Waals surface area contributed by atoms with Gasteiger partial charge in [0.15, 0.2) is 0 Å². The highest BCUT2D eigenvalue weighted by molar-refractivity contribution is 7.21. The first-order chi connectivity index (χ1) is 10.3. The Labute approximate surface area is 127 Å². The van der Waals surface area contributed by atoms with E-state index in [-0.39, 0.29) is 6.04 Å². The molecule has 0 saturated carbocycles. The van der Waals surface area contributed by atoms with E-state index in [1.54, 1.807) is 23.7 Å². The van der Waals surface area contributed by atoms with Gasteiger partial charge in [0, 0.05) is 24.0 Å². The number of hydrogen-bond donors (Lipinski definition) is 1. The molecule has 0 spiro atoms. The van der Waals surface area contributed by atoms with Gasteiger partial charge < -0.3 is 10.5 Å². The lowest BCUT2D eigenvalue weighted by Crippen LogP contribution is -2.26. The number of benzene rings is 1. The van der Waals surface area contributed by atoms with Gasteiger partial charge in [-0.15, -0.1) is 11.3 Å². The Balaban J connectivity index is 1.85. The second kappa shape index (κ2) is 6.20. The molecule has 3 aromatic rings. The van der Waals surface area contributed by atoms with Crippen LogP contribution in [0.3, 0.4) is 0 Å². The first-order valence-electron chi connectivity index (χ1n) is 6.95. The fourth-order valence-corrected chi connectivity index (χ4v) is 2.93. The van der Waals surface area contributed by atoms with E-state index in [1.807, 2.05) is 30.3 Å². The third kappa shape index (κ3) is 3.20. The first kappa shape index (κ1) is 14.0. The van der Waals surface area contributed by atoms with E-state index in [1.165, 1.54) is 0 Å². The number of fused-ring (bicyclic) bond motifs is 1. The summed E-state index contributed by atoms with van der Waals surface area (Å²) in [6.45, 7) is 2.60. The zero-order valence-electron chi connectivity index (χ0n) is 11.8. The highest BCUT2D eigenvalue weighted by Crippen LogP contribution is 2.32. The van der Waals surface area contributed by atoms with Crippen molar-refractivity contribution in [3.63, 3.8) is 0 Å². The summed E-state index contributed by atoms with van der Waals surface area (Å²) in [5.41, 5.74) is 7.94. The van der Waals surface area contributed by atoms with Gasteiger partial charge in [0.25, 0.3) is 0 Å². The molecule has 1 unspecified atom stereocenters. The summed E-state index contributed by atoms with van der Waals surface area (Å²) in [4.78, 5) is 8.68. The highest BCUT2D eigenvalue weighted by atomic mass is 32.1. The number of ether oxygens (including phenoxy) is 1. The number of pyridine rings is 1. The van der Waals surface area contributed by atoms with E-state index in [2.05, 4.69) is 16.9 Å². The number of thiazole rings is 1. The smallest absolute Gasteiger partial charge is 0.124 e.